The average molecular weight is 312 g/mol. The number of carbonyl (C=O) groups excluding carboxylic acids is 1. The van der Waals surface area contributed by atoms with E-state index >= 15 is 0 Å². The number of alkyl halides is 1. The zero-order chi connectivity index (χ0) is 14.9. The number of hydrogen-bond acceptors (Lipinski definition) is 2. The fraction of sp³-hybridized carbons (Fsp3) is 0.267. The van der Waals surface area contributed by atoms with E-state index in [-0.39, 0.29) is 11.7 Å². The monoisotopic (exact) mass is 311 g/mol. The van der Waals surface area contributed by atoms with Gasteiger partial charge in [-0.1, -0.05) is 11.6 Å². The zero-order valence-electron chi connectivity index (χ0n) is 11.5. The molecule has 20 heavy (non-hydrogen) atoms. The van der Waals surface area contributed by atoms with E-state index in [9.17, 15) is 4.79 Å². The number of methoxy groups -OCH3 is 1. The lowest BCUT2D eigenvalue weighted by atomic mass is 10.2. The van der Waals surface area contributed by atoms with E-state index in [1.807, 2.05) is 36.6 Å². The summed E-state index contributed by atoms with van der Waals surface area (Å²) >= 11 is 11.8. The number of carbonyl (C=O) groups is 1. The highest BCUT2D eigenvalue weighted by Crippen LogP contribution is 2.29. The second-order valence-electron chi connectivity index (χ2n) is 4.50. The number of aromatic nitrogens is 1. The first-order chi connectivity index (χ1) is 9.49. The predicted molar refractivity (Wildman–Crippen MR) is 81.9 cm³/mol. The number of ketones is 1. The van der Waals surface area contributed by atoms with Gasteiger partial charge in [0, 0.05) is 22.6 Å². The second kappa shape index (κ2) is 5.90. The molecule has 0 bridgehead atoms. The van der Waals surface area contributed by atoms with Gasteiger partial charge in [-0.15, -0.1) is 11.6 Å². The van der Waals surface area contributed by atoms with Crippen molar-refractivity contribution in [3.05, 3.63) is 46.2 Å². The van der Waals surface area contributed by atoms with E-state index in [4.69, 9.17) is 27.9 Å². The largest absolute Gasteiger partial charge is 0.495 e. The molecular formula is C15H15Cl2NO2. The van der Waals surface area contributed by atoms with E-state index in [0.717, 1.165) is 17.1 Å². The van der Waals surface area contributed by atoms with Gasteiger partial charge in [0.2, 0.25) is 0 Å². The van der Waals surface area contributed by atoms with Crippen LogP contribution in [-0.2, 0) is 0 Å². The Morgan fingerprint density at radius 1 is 1.30 bits per heavy atom. The van der Waals surface area contributed by atoms with E-state index in [1.165, 1.54) is 0 Å². The molecule has 0 saturated carbocycles. The number of halogens is 2. The third-order valence-electron chi connectivity index (χ3n) is 3.25. The number of hydrogen-bond donors (Lipinski definition) is 0. The fourth-order valence-electron chi connectivity index (χ4n) is 2.31. The van der Waals surface area contributed by atoms with E-state index in [1.54, 1.807) is 13.2 Å². The summed E-state index contributed by atoms with van der Waals surface area (Å²) in [6, 6.07) is 7.37. The molecule has 0 unspecified atom stereocenters. The molecule has 0 atom stereocenters. The van der Waals surface area contributed by atoms with Crippen molar-refractivity contribution >= 4 is 29.0 Å². The maximum Gasteiger partial charge on any atom is 0.179 e. The number of rotatable bonds is 4. The molecule has 2 aromatic rings. The molecule has 1 aromatic heterocycles. The Hall–Kier alpha value is -1.45. The Bertz CT molecular complexity index is 662. The summed E-state index contributed by atoms with van der Waals surface area (Å²) in [6.45, 7) is 3.83. The van der Waals surface area contributed by atoms with Gasteiger partial charge >= 0.3 is 0 Å². The molecule has 0 fully saturated rings. The quantitative estimate of drug-likeness (QED) is 0.626. The highest BCUT2D eigenvalue weighted by molar-refractivity contribution is 6.32. The van der Waals surface area contributed by atoms with Crippen LogP contribution in [0.5, 0.6) is 5.75 Å². The lowest BCUT2D eigenvalue weighted by Gasteiger charge is -2.12. The number of aryl methyl sites for hydroxylation is 1. The van der Waals surface area contributed by atoms with E-state index < -0.39 is 0 Å². The van der Waals surface area contributed by atoms with Crippen LogP contribution in [0.2, 0.25) is 5.02 Å². The third-order valence-corrected chi connectivity index (χ3v) is 3.78. The first-order valence-electron chi connectivity index (χ1n) is 6.11. The van der Waals surface area contributed by atoms with Crippen molar-refractivity contribution in [2.24, 2.45) is 0 Å². The first-order valence-corrected chi connectivity index (χ1v) is 7.02. The van der Waals surface area contributed by atoms with Crippen molar-refractivity contribution in [3.8, 4) is 11.4 Å². The van der Waals surface area contributed by atoms with Crippen molar-refractivity contribution < 1.29 is 9.53 Å². The summed E-state index contributed by atoms with van der Waals surface area (Å²) in [5.41, 5.74) is 3.34. The van der Waals surface area contributed by atoms with Crippen molar-refractivity contribution in [2.45, 2.75) is 13.8 Å². The molecule has 106 valence electrons. The molecule has 0 aliphatic carbocycles. The summed E-state index contributed by atoms with van der Waals surface area (Å²) < 4.78 is 7.12. The molecule has 0 radical (unpaired) electrons. The molecule has 0 aliphatic heterocycles. The van der Waals surface area contributed by atoms with E-state index in [2.05, 4.69) is 0 Å². The molecule has 0 spiro atoms. The summed E-state index contributed by atoms with van der Waals surface area (Å²) in [6.07, 6.45) is 0. The number of nitrogens with zero attached hydrogens (tertiary/aromatic N) is 1. The van der Waals surface area contributed by atoms with Crippen LogP contribution in [0.1, 0.15) is 21.7 Å². The summed E-state index contributed by atoms with van der Waals surface area (Å²) in [7, 11) is 1.57. The fourth-order valence-corrected chi connectivity index (χ4v) is 2.70. The summed E-state index contributed by atoms with van der Waals surface area (Å²) in [5.74, 6) is 0.522. The summed E-state index contributed by atoms with van der Waals surface area (Å²) in [5, 5.41) is 0.530. The van der Waals surface area contributed by atoms with Gasteiger partial charge in [-0.3, -0.25) is 4.79 Å². The van der Waals surface area contributed by atoms with Crippen LogP contribution in [0.3, 0.4) is 0 Å². The minimum absolute atomic E-state index is 0.0202. The zero-order valence-corrected chi connectivity index (χ0v) is 13.0. The van der Waals surface area contributed by atoms with Gasteiger partial charge in [0.05, 0.1) is 18.0 Å². The number of benzene rings is 1. The van der Waals surface area contributed by atoms with Crippen molar-refractivity contribution in [2.75, 3.05) is 13.0 Å². The number of ether oxygens (including phenoxy) is 1. The van der Waals surface area contributed by atoms with Gasteiger partial charge in [-0.2, -0.15) is 0 Å². The molecule has 1 heterocycles. The molecule has 2 rings (SSSR count). The van der Waals surface area contributed by atoms with Crippen molar-refractivity contribution in [1.82, 2.24) is 4.57 Å². The second-order valence-corrected chi connectivity index (χ2v) is 5.17. The van der Waals surface area contributed by atoms with Gasteiger partial charge in [0.1, 0.15) is 5.75 Å². The van der Waals surface area contributed by atoms with Gasteiger partial charge in [-0.05, 0) is 38.1 Å². The molecule has 0 amide bonds. The van der Waals surface area contributed by atoms with Crippen molar-refractivity contribution in [1.29, 1.82) is 0 Å². The van der Waals surface area contributed by atoms with Gasteiger partial charge < -0.3 is 9.30 Å². The van der Waals surface area contributed by atoms with Crippen LogP contribution in [0, 0.1) is 13.8 Å². The molecule has 1 aromatic carbocycles. The van der Waals surface area contributed by atoms with Crippen LogP contribution in [0.4, 0.5) is 0 Å². The minimum Gasteiger partial charge on any atom is -0.495 e. The predicted octanol–water partition coefficient (Wildman–Crippen LogP) is 4.18. The summed E-state index contributed by atoms with van der Waals surface area (Å²) in [4.78, 5) is 11.8. The minimum atomic E-state index is -0.0781. The lowest BCUT2D eigenvalue weighted by molar-refractivity contribution is 0.102. The average Bonchev–Trinajstić information content (AvgIpc) is 2.73. The van der Waals surface area contributed by atoms with Crippen LogP contribution >= 0.6 is 23.2 Å². The molecule has 0 N–H and O–H groups in total. The maximum absolute atomic E-state index is 11.8. The maximum atomic E-state index is 11.8. The molecule has 0 aliphatic rings. The Balaban J connectivity index is 2.56. The Morgan fingerprint density at radius 2 is 2.00 bits per heavy atom. The van der Waals surface area contributed by atoms with Crippen LogP contribution in [0.25, 0.3) is 5.69 Å². The van der Waals surface area contributed by atoms with Crippen LogP contribution < -0.4 is 4.74 Å². The molecule has 0 saturated heterocycles. The third kappa shape index (κ3) is 2.56. The highest BCUT2D eigenvalue weighted by Gasteiger charge is 2.16. The topological polar surface area (TPSA) is 31.2 Å². The first kappa shape index (κ1) is 14.9. The Kier molecular flexibility index (Phi) is 4.41. The van der Waals surface area contributed by atoms with Gasteiger partial charge in [0.15, 0.2) is 5.78 Å². The van der Waals surface area contributed by atoms with Gasteiger partial charge in [0.25, 0.3) is 0 Å². The molecule has 3 nitrogen and oxygen atoms in total. The SMILES string of the molecule is COc1ccc(-n2c(C)cc(C(=O)CCl)c2C)cc1Cl. The highest BCUT2D eigenvalue weighted by atomic mass is 35.5. The normalized spacial score (nSPS) is 10.7. The lowest BCUT2D eigenvalue weighted by Crippen LogP contribution is -2.04. The Morgan fingerprint density at radius 3 is 2.55 bits per heavy atom. The van der Waals surface area contributed by atoms with Crippen LogP contribution in [0.15, 0.2) is 24.3 Å². The van der Waals surface area contributed by atoms with Crippen molar-refractivity contribution in [3.63, 3.8) is 0 Å². The van der Waals surface area contributed by atoms with Crippen LogP contribution in [-0.4, -0.2) is 23.3 Å². The molecular weight excluding hydrogens is 297 g/mol. The number of Topliss-reactive ketones (excluding diaryl/α,β-unsaturated/α-hetero) is 1. The standard InChI is InChI=1S/C15H15Cl2NO2/c1-9-6-12(14(19)8-16)10(2)18(9)11-4-5-15(20-3)13(17)7-11/h4-7H,8H2,1-3H3. The van der Waals surface area contributed by atoms with Gasteiger partial charge in [-0.25, -0.2) is 0 Å². The molecule has 5 heteroatoms. The van der Waals surface area contributed by atoms with E-state index in [0.29, 0.717) is 16.3 Å². The Labute approximate surface area is 128 Å². The smallest absolute Gasteiger partial charge is 0.179 e.